The Morgan fingerprint density at radius 2 is 1.70 bits per heavy atom. The summed E-state index contributed by atoms with van der Waals surface area (Å²) in [5.74, 6) is 0.834. The van der Waals surface area contributed by atoms with Crippen LogP contribution in [0.4, 0.5) is 5.69 Å². The number of para-hydroxylation sites is 1. The van der Waals surface area contributed by atoms with Gasteiger partial charge in [-0.3, -0.25) is 14.5 Å². The number of nitrogens with one attached hydrogen (secondary N) is 1. The maximum absolute atomic E-state index is 14.3. The number of benzene rings is 3. The van der Waals surface area contributed by atoms with Crippen LogP contribution in [0.3, 0.4) is 0 Å². The minimum atomic E-state index is -0.949. The van der Waals surface area contributed by atoms with E-state index in [0.29, 0.717) is 34.2 Å². The Hall–Kier alpha value is -4.40. The molecule has 0 unspecified atom stereocenters. The average molecular weight is 542 g/mol. The van der Waals surface area contributed by atoms with Crippen molar-refractivity contribution in [2.45, 2.75) is 65.1 Å². The Kier molecular flexibility index (Phi) is 7.47. The highest BCUT2D eigenvalue weighted by molar-refractivity contribution is 6.02. The van der Waals surface area contributed by atoms with Crippen molar-refractivity contribution < 1.29 is 19.1 Å². The van der Waals surface area contributed by atoms with Crippen LogP contribution in [0, 0.1) is 0 Å². The molecule has 0 saturated heterocycles. The molecule has 0 spiro atoms. The zero-order valence-electron chi connectivity index (χ0n) is 23.5. The van der Waals surface area contributed by atoms with E-state index in [1.54, 1.807) is 22.9 Å². The largest absolute Gasteiger partial charge is 0.454 e. The molecule has 0 fully saturated rings. The number of amides is 2. The molecule has 0 radical (unpaired) electrons. The van der Waals surface area contributed by atoms with Gasteiger partial charge in [-0.15, -0.1) is 5.10 Å². The van der Waals surface area contributed by atoms with Crippen LogP contribution < -0.4 is 19.7 Å². The fraction of sp³-hybridized carbons (Fsp3) is 0.355. The minimum absolute atomic E-state index is 0.100. The van der Waals surface area contributed by atoms with E-state index >= 15 is 0 Å². The van der Waals surface area contributed by atoms with Crippen molar-refractivity contribution in [3.8, 4) is 11.5 Å². The monoisotopic (exact) mass is 541 g/mol. The molecule has 0 aliphatic carbocycles. The van der Waals surface area contributed by atoms with Crippen molar-refractivity contribution in [3.63, 3.8) is 0 Å². The molecule has 0 bridgehead atoms. The van der Waals surface area contributed by atoms with E-state index < -0.39 is 11.6 Å². The van der Waals surface area contributed by atoms with E-state index in [0.717, 1.165) is 17.5 Å². The first kappa shape index (κ1) is 27.2. The third-order valence-corrected chi connectivity index (χ3v) is 7.38. The number of nitrogens with zero attached hydrogens (tertiary/aromatic N) is 4. The standard InChI is InChI=1S/C31H35N5O4/c1-6-31(4,5)32-30(38)29(22-13-11-21(12-14-22)20(2)3)36(23-15-16-26-27(17-23)40-19-39-26)28(37)18-35-25-10-8-7-9-24(25)33-34-35/h7-17,20,29H,6,18-19H2,1-5H3,(H,32,38)/t29-/m1/s1. The van der Waals surface area contributed by atoms with Crippen molar-refractivity contribution >= 4 is 28.5 Å². The number of carbonyl (C=O) groups excluding carboxylic acids is 2. The number of hydrogen-bond acceptors (Lipinski definition) is 6. The number of ether oxygens (including phenoxy) is 2. The number of anilines is 1. The zero-order valence-corrected chi connectivity index (χ0v) is 23.5. The highest BCUT2D eigenvalue weighted by atomic mass is 16.7. The molecule has 4 aromatic rings. The summed E-state index contributed by atoms with van der Waals surface area (Å²) in [4.78, 5) is 29.9. The SMILES string of the molecule is CCC(C)(C)NC(=O)[C@@H](c1ccc(C(C)C)cc1)N(C(=O)Cn1nnc2ccccc21)c1ccc2c(c1)OCO2. The molecule has 40 heavy (non-hydrogen) atoms. The van der Waals surface area contributed by atoms with E-state index in [4.69, 9.17) is 9.47 Å². The van der Waals surface area contributed by atoms with Gasteiger partial charge in [-0.2, -0.15) is 0 Å². The molecule has 2 heterocycles. The Labute approximate surface area is 234 Å². The topological polar surface area (TPSA) is 98.6 Å². The number of carbonyl (C=O) groups is 2. The summed E-state index contributed by atoms with van der Waals surface area (Å²) >= 11 is 0. The highest BCUT2D eigenvalue weighted by Gasteiger charge is 2.36. The number of aromatic nitrogens is 3. The van der Waals surface area contributed by atoms with E-state index in [9.17, 15) is 9.59 Å². The van der Waals surface area contributed by atoms with Crippen molar-refractivity contribution in [2.24, 2.45) is 0 Å². The molecule has 1 aliphatic rings. The normalized spacial score (nSPS) is 13.4. The first-order chi connectivity index (χ1) is 19.2. The van der Waals surface area contributed by atoms with Crippen molar-refractivity contribution in [1.29, 1.82) is 0 Å². The summed E-state index contributed by atoms with van der Waals surface area (Å²) < 4.78 is 12.7. The summed E-state index contributed by atoms with van der Waals surface area (Å²) in [6, 6.07) is 19.7. The predicted octanol–water partition coefficient (Wildman–Crippen LogP) is 5.36. The lowest BCUT2D eigenvalue weighted by atomic mass is 9.95. The quantitative estimate of drug-likeness (QED) is 0.306. The molecule has 208 valence electrons. The first-order valence-electron chi connectivity index (χ1n) is 13.6. The van der Waals surface area contributed by atoms with Crippen LogP contribution in [-0.2, 0) is 16.1 Å². The van der Waals surface area contributed by atoms with Gasteiger partial charge < -0.3 is 14.8 Å². The van der Waals surface area contributed by atoms with E-state index in [-0.39, 0.29) is 25.2 Å². The van der Waals surface area contributed by atoms with Crippen LogP contribution in [0.2, 0.25) is 0 Å². The lowest BCUT2D eigenvalue weighted by Gasteiger charge is -2.34. The fourth-order valence-corrected chi connectivity index (χ4v) is 4.68. The van der Waals surface area contributed by atoms with Gasteiger partial charge in [-0.1, -0.05) is 62.4 Å². The molecule has 2 amide bonds. The predicted molar refractivity (Wildman–Crippen MR) is 153 cm³/mol. The number of rotatable bonds is 9. The van der Waals surface area contributed by atoms with Gasteiger partial charge >= 0.3 is 0 Å². The molecule has 1 aliphatic heterocycles. The van der Waals surface area contributed by atoms with Crippen LogP contribution in [0.25, 0.3) is 11.0 Å². The second-order valence-electron chi connectivity index (χ2n) is 11.0. The van der Waals surface area contributed by atoms with Gasteiger partial charge in [-0.25, -0.2) is 4.68 Å². The lowest BCUT2D eigenvalue weighted by Crippen LogP contribution is -2.51. The zero-order chi connectivity index (χ0) is 28.4. The van der Waals surface area contributed by atoms with Crippen LogP contribution >= 0.6 is 0 Å². The third-order valence-electron chi connectivity index (χ3n) is 7.38. The van der Waals surface area contributed by atoms with Crippen LogP contribution in [0.5, 0.6) is 11.5 Å². The van der Waals surface area contributed by atoms with Gasteiger partial charge in [0.1, 0.15) is 18.1 Å². The summed E-state index contributed by atoms with van der Waals surface area (Å²) in [5.41, 5.74) is 3.30. The highest BCUT2D eigenvalue weighted by Crippen LogP contribution is 2.38. The maximum Gasteiger partial charge on any atom is 0.249 e. The Morgan fingerprint density at radius 1 is 1.00 bits per heavy atom. The molecular weight excluding hydrogens is 506 g/mol. The molecule has 9 nitrogen and oxygen atoms in total. The van der Waals surface area contributed by atoms with Gasteiger partial charge in [-0.05, 0) is 61.6 Å². The first-order valence-corrected chi connectivity index (χ1v) is 13.6. The Balaban J connectivity index is 1.62. The van der Waals surface area contributed by atoms with Gasteiger partial charge in [0.25, 0.3) is 0 Å². The molecule has 5 rings (SSSR count). The summed E-state index contributed by atoms with van der Waals surface area (Å²) in [7, 11) is 0. The Morgan fingerprint density at radius 3 is 2.42 bits per heavy atom. The van der Waals surface area contributed by atoms with E-state index in [1.807, 2.05) is 69.3 Å². The second-order valence-corrected chi connectivity index (χ2v) is 11.0. The molecule has 1 N–H and O–H groups in total. The van der Waals surface area contributed by atoms with Crippen LogP contribution in [-0.4, -0.2) is 39.1 Å². The van der Waals surface area contributed by atoms with E-state index in [1.165, 1.54) is 4.90 Å². The molecule has 9 heteroatoms. The molecule has 1 atom stereocenters. The lowest BCUT2D eigenvalue weighted by molar-refractivity contribution is -0.128. The Bertz CT molecular complexity index is 1530. The molecule has 3 aromatic carbocycles. The van der Waals surface area contributed by atoms with Crippen LogP contribution in [0.15, 0.2) is 66.7 Å². The molecular formula is C31H35N5O4. The smallest absolute Gasteiger partial charge is 0.249 e. The van der Waals surface area contributed by atoms with Crippen molar-refractivity contribution in [3.05, 3.63) is 77.9 Å². The maximum atomic E-state index is 14.3. The van der Waals surface area contributed by atoms with Gasteiger partial charge in [0.2, 0.25) is 18.6 Å². The van der Waals surface area contributed by atoms with Gasteiger partial charge in [0, 0.05) is 17.3 Å². The molecule has 0 saturated carbocycles. The summed E-state index contributed by atoms with van der Waals surface area (Å²) in [6.07, 6.45) is 0.723. The van der Waals surface area contributed by atoms with E-state index in [2.05, 4.69) is 29.5 Å². The number of fused-ring (bicyclic) bond motifs is 2. The second kappa shape index (κ2) is 11.0. The van der Waals surface area contributed by atoms with Crippen molar-refractivity contribution in [2.75, 3.05) is 11.7 Å². The number of hydrogen-bond donors (Lipinski definition) is 1. The minimum Gasteiger partial charge on any atom is -0.454 e. The van der Waals surface area contributed by atoms with Gasteiger partial charge in [0.05, 0.1) is 5.52 Å². The fourth-order valence-electron chi connectivity index (χ4n) is 4.68. The van der Waals surface area contributed by atoms with Crippen molar-refractivity contribution in [1.82, 2.24) is 20.3 Å². The van der Waals surface area contributed by atoms with Gasteiger partial charge in [0.15, 0.2) is 11.5 Å². The summed E-state index contributed by atoms with van der Waals surface area (Å²) in [6.45, 7) is 10.2. The van der Waals surface area contributed by atoms with Crippen LogP contribution in [0.1, 0.15) is 64.1 Å². The summed E-state index contributed by atoms with van der Waals surface area (Å²) in [5, 5.41) is 11.6. The molecule has 1 aromatic heterocycles. The average Bonchev–Trinajstić information content (AvgIpc) is 3.58. The third kappa shape index (κ3) is 5.50.